The van der Waals surface area contributed by atoms with E-state index < -0.39 is 15.9 Å². The largest absolute Gasteiger partial charge is 0.492 e. The zero-order valence-electron chi connectivity index (χ0n) is 13.9. The van der Waals surface area contributed by atoms with Gasteiger partial charge in [0.15, 0.2) is 5.13 Å². The van der Waals surface area contributed by atoms with Crippen LogP contribution in [-0.2, 0) is 14.8 Å². The fraction of sp³-hybridized carbons (Fsp3) is 0. The van der Waals surface area contributed by atoms with Gasteiger partial charge in [-0.25, -0.2) is 18.5 Å². The average molecular weight is 435 g/mol. The molecule has 4 N–H and O–H groups in total. The standard InChI is InChI=1S/C17H11ClN4O4S2/c18-8-1-6-12-11(7-8)13(15(23)21-12)14-16(24)22-17(27-14)20-9-2-4-10(5-3-9)28(19,25)26/h1-7,24H,(H,20,22)(H2,19,25,26). The summed E-state index contributed by atoms with van der Waals surface area (Å²) in [5.74, 6) is -0.805. The maximum atomic E-state index is 12.3. The van der Waals surface area contributed by atoms with Gasteiger partial charge in [-0.2, -0.15) is 4.98 Å². The van der Waals surface area contributed by atoms with Gasteiger partial charge < -0.3 is 10.4 Å². The van der Waals surface area contributed by atoms with Crippen molar-refractivity contribution in [1.82, 2.24) is 4.98 Å². The Morgan fingerprint density at radius 2 is 1.86 bits per heavy atom. The van der Waals surface area contributed by atoms with Crippen LogP contribution in [0.1, 0.15) is 4.88 Å². The number of hydrogen-bond donors (Lipinski definition) is 3. The fourth-order valence-corrected chi connectivity index (χ4v) is 4.30. The van der Waals surface area contributed by atoms with E-state index in [4.69, 9.17) is 16.7 Å². The highest BCUT2D eigenvalue weighted by Gasteiger charge is 2.25. The third kappa shape index (κ3) is 3.38. The third-order valence-electron chi connectivity index (χ3n) is 3.93. The second-order valence-corrected chi connectivity index (χ2v) is 8.82. The highest BCUT2D eigenvalue weighted by atomic mass is 35.5. The van der Waals surface area contributed by atoms with Gasteiger partial charge in [0, 0.05) is 15.9 Å². The van der Waals surface area contributed by atoms with Gasteiger partial charge in [-0.1, -0.05) is 22.9 Å². The van der Waals surface area contributed by atoms with Crippen molar-refractivity contribution >= 4 is 55.3 Å². The number of nitrogens with one attached hydrogen (secondary N) is 1. The first-order valence-corrected chi connectivity index (χ1v) is 10.5. The molecule has 142 valence electrons. The van der Waals surface area contributed by atoms with Crippen molar-refractivity contribution in [3.8, 4) is 5.88 Å². The van der Waals surface area contributed by atoms with Gasteiger partial charge in [0.2, 0.25) is 15.9 Å². The summed E-state index contributed by atoms with van der Waals surface area (Å²) >= 11 is 7.07. The van der Waals surface area contributed by atoms with Crippen molar-refractivity contribution in [2.45, 2.75) is 4.90 Å². The van der Waals surface area contributed by atoms with Crippen molar-refractivity contribution in [2.75, 3.05) is 5.32 Å². The highest BCUT2D eigenvalue weighted by Crippen LogP contribution is 2.35. The molecular formula is C17H11ClN4O4S2. The molecule has 1 aliphatic heterocycles. The highest BCUT2D eigenvalue weighted by molar-refractivity contribution is 7.89. The monoisotopic (exact) mass is 434 g/mol. The van der Waals surface area contributed by atoms with Gasteiger partial charge in [0.1, 0.15) is 4.88 Å². The number of carbonyl (C=O) groups is 1. The molecule has 0 aliphatic carbocycles. The lowest BCUT2D eigenvalue weighted by Gasteiger charge is -2.03. The number of primary sulfonamides is 1. The van der Waals surface area contributed by atoms with Crippen LogP contribution in [0.5, 0.6) is 5.88 Å². The molecule has 8 nitrogen and oxygen atoms in total. The van der Waals surface area contributed by atoms with Gasteiger partial charge in [-0.3, -0.25) is 4.79 Å². The second kappa shape index (κ2) is 6.67. The Morgan fingerprint density at radius 1 is 1.14 bits per heavy atom. The molecule has 2 aromatic carbocycles. The topological polar surface area (TPSA) is 135 Å². The van der Waals surface area contributed by atoms with E-state index in [1.807, 2.05) is 0 Å². The van der Waals surface area contributed by atoms with E-state index in [-0.39, 0.29) is 21.2 Å². The molecular weight excluding hydrogens is 424 g/mol. The number of carbonyl (C=O) groups excluding carboxylic acids is 1. The minimum atomic E-state index is -3.79. The first kappa shape index (κ1) is 18.6. The first-order valence-electron chi connectivity index (χ1n) is 7.75. The van der Waals surface area contributed by atoms with Gasteiger partial charge >= 0.3 is 0 Å². The molecule has 0 unspecified atom stereocenters. The number of benzene rings is 2. The van der Waals surface area contributed by atoms with E-state index in [1.54, 1.807) is 18.2 Å². The molecule has 0 bridgehead atoms. The van der Waals surface area contributed by atoms with E-state index >= 15 is 0 Å². The molecule has 0 fully saturated rings. The predicted octanol–water partition coefficient (Wildman–Crippen LogP) is 1.25. The molecule has 11 heteroatoms. The smallest absolute Gasteiger partial charge is 0.279 e. The van der Waals surface area contributed by atoms with E-state index in [9.17, 15) is 18.3 Å². The van der Waals surface area contributed by atoms with E-state index in [0.29, 0.717) is 26.4 Å². The van der Waals surface area contributed by atoms with Crippen LogP contribution in [0.25, 0.3) is 5.57 Å². The van der Waals surface area contributed by atoms with Gasteiger partial charge in [0.05, 0.1) is 15.8 Å². The minimum Gasteiger partial charge on any atom is -0.492 e. The molecule has 28 heavy (non-hydrogen) atoms. The Hall–Kier alpha value is -2.79. The number of fused-ring (bicyclic) bond motifs is 1. The summed E-state index contributed by atoms with van der Waals surface area (Å²) in [5, 5.41) is 20.0. The molecule has 0 radical (unpaired) electrons. The number of thiazole rings is 1. The summed E-state index contributed by atoms with van der Waals surface area (Å²) in [5.41, 5.74) is 0.758. The first-order chi connectivity index (χ1) is 13.2. The number of nitrogens with two attached hydrogens (primary N) is 1. The Kier molecular flexibility index (Phi) is 4.42. The Labute approximate surface area is 167 Å². The molecule has 0 atom stereocenters. The maximum Gasteiger partial charge on any atom is 0.279 e. The second-order valence-electron chi connectivity index (χ2n) is 5.82. The van der Waals surface area contributed by atoms with Crippen molar-refractivity contribution in [2.24, 2.45) is 10.1 Å². The summed E-state index contributed by atoms with van der Waals surface area (Å²) < 4.78 is 22.6. The van der Waals surface area contributed by atoms with Crippen molar-refractivity contribution in [1.29, 1.82) is 0 Å². The fourth-order valence-electron chi connectivity index (χ4n) is 2.69. The van der Waals surface area contributed by atoms with Crippen LogP contribution in [-0.4, -0.2) is 24.4 Å². The minimum absolute atomic E-state index is 0.0251. The molecule has 2 heterocycles. The number of aromatic hydroxyl groups is 1. The molecule has 0 saturated carbocycles. The van der Waals surface area contributed by atoms with Crippen LogP contribution in [0.3, 0.4) is 0 Å². The Balaban J connectivity index is 1.71. The number of aromatic nitrogens is 1. The van der Waals surface area contributed by atoms with E-state index in [2.05, 4.69) is 15.3 Å². The summed E-state index contributed by atoms with van der Waals surface area (Å²) in [4.78, 5) is 20.5. The van der Waals surface area contributed by atoms with Crippen LogP contribution < -0.4 is 21.0 Å². The normalized spacial score (nSPS) is 13.4. The molecule has 0 spiro atoms. The summed E-state index contributed by atoms with van der Waals surface area (Å²) in [6.45, 7) is 0. The van der Waals surface area contributed by atoms with Gasteiger partial charge in [0.25, 0.3) is 5.91 Å². The zero-order valence-corrected chi connectivity index (χ0v) is 16.3. The van der Waals surface area contributed by atoms with Crippen LogP contribution >= 0.6 is 22.9 Å². The lowest BCUT2D eigenvalue weighted by atomic mass is 10.1. The number of nitrogens with zero attached hydrogens (tertiary/aromatic N) is 2. The number of amides is 1. The average Bonchev–Trinajstić information content (AvgIpc) is 3.12. The SMILES string of the molecule is NS(=O)(=O)c1ccc(Nc2nc(O)c(C3=c4cc(Cl)ccc4=NC3=O)s2)cc1. The van der Waals surface area contributed by atoms with Crippen molar-refractivity contribution < 1.29 is 18.3 Å². The van der Waals surface area contributed by atoms with Gasteiger partial charge in [-0.15, -0.1) is 0 Å². The maximum absolute atomic E-state index is 12.3. The lowest BCUT2D eigenvalue weighted by molar-refractivity contribution is -0.112. The van der Waals surface area contributed by atoms with Crippen molar-refractivity contribution in [3.05, 3.63) is 62.9 Å². The molecule has 3 aromatic rings. The summed E-state index contributed by atoms with van der Waals surface area (Å²) in [6.07, 6.45) is 0. The molecule has 0 saturated heterocycles. The van der Waals surface area contributed by atoms with Crippen LogP contribution in [0.4, 0.5) is 10.8 Å². The number of rotatable bonds is 4. The summed E-state index contributed by atoms with van der Waals surface area (Å²) in [7, 11) is -3.79. The molecule has 1 aromatic heterocycles. The van der Waals surface area contributed by atoms with E-state index in [1.165, 1.54) is 24.3 Å². The quantitative estimate of drug-likeness (QED) is 0.565. The van der Waals surface area contributed by atoms with E-state index in [0.717, 1.165) is 11.3 Å². The van der Waals surface area contributed by atoms with Crippen LogP contribution in [0.2, 0.25) is 5.02 Å². The zero-order chi connectivity index (χ0) is 20.1. The third-order valence-corrected chi connectivity index (χ3v) is 6.08. The number of halogens is 1. The Bertz CT molecular complexity index is 1350. The number of sulfonamides is 1. The molecule has 1 amide bonds. The van der Waals surface area contributed by atoms with Gasteiger partial charge in [-0.05, 0) is 42.5 Å². The number of anilines is 2. The van der Waals surface area contributed by atoms with Crippen molar-refractivity contribution in [3.63, 3.8) is 0 Å². The molecule has 1 aliphatic rings. The number of hydrogen-bond acceptors (Lipinski definition) is 7. The lowest BCUT2D eigenvalue weighted by Crippen LogP contribution is -2.22. The van der Waals surface area contributed by atoms with Crippen LogP contribution in [0.15, 0.2) is 52.4 Å². The van der Waals surface area contributed by atoms with Crippen LogP contribution in [0, 0.1) is 0 Å². The predicted molar refractivity (Wildman–Crippen MR) is 105 cm³/mol. The summed E-state index contributed by atoms with van der Waals surface area (Å²) in [6, 6.07) is 10.6. The Morgan fingerprint density at radius 3 is 2.54 bits per heavy atom. The molecule has 4 rings (SSSR count).